The Bertz CT molecular complexity index is 1350. The summed E-state index contributed by atoms with van der Waals surface area (Å²) in [6.45, 7) is 5.23. The van der Waals surface area contributed by atoms with Crippen molar-refractivity contribution in [2.75, 3.05) is 28.1 Å². The Kier molecular flexibility index (Phi) is 6.33. The standard InChI is InChI=1S/C29H29NO6/c1-17-28-21(15-30(16-35-28)18(2)19-9-7-6-8-10-19)11-22-27(31)26(36-29(17)22)13-20-12-24(33-4)25(34-5)14-23(20)32-3/h6-14,18H,15-16H2,1-5H3/b26-13-. The van der Waals surface area contributed by atoms with Crippen LogP contribution < -0.4 is 23.7 Å². The minimum absolute atomic E-state index is 0.174. The Morgan fingerprint density at radius 3 is 2.33 bits per heavy atom. The Labute approximate surface area is 210 Å². The van der Waals surface area contributed by atoms with Crippen molar-refractivity contribution in [3.05, 3.63) is 82.1 Å². The predicted octanol–water partition coefficient (Wildman–Crippen LogP) is 5.55. The maximum Gasteiger partial charge on any atom is 0.231 e. The van der Waals surface area contributed by atoms with Crippen LogP contribution in [0.4, 0.5) is 0 Å². The number of Topliss-reactive ketones (excluding diaryl/α,β-unsaturated/α-hetero) is 1. The number of hydrogen-bond donors (Lipinski definition) is 0. The predicted molar refractivity (Wildman–Crippen MR) is 136 cm³/mol. The van der Waals surface area contributed by atoms with Gasteiger partial charge in [0.15, 0.2) is 17.3 Å². The van der Waals surface area contributed by atoms with Gasteiger partial charge in [-0.15, -0.1) is 0 Å². The molecular weight excluding hydrogens is 458 g/mol. The van der Waals surface area contributed by atoms with E-state index in [1.165, 1.54) is 5.56 Å². The topological polar surface area (TPSA) is 66.5 Å². The number of fused-ring (bicyclic) bond motifs is 2. The highest BCUT2D eigenvalue weighted by molar-refractivity contribution is 6.15. The van der Waals surface area contributed by atoms with Crippen molar-refractivity contribution >= 4 is 11.9 Å². The first-order valence-electron chi connectivity index (χ1n) is 11.8. The number of carbonyl (C=O) groups excluding carboxylic acids is 1. The number of allylic oxidation sites excluding steroid dienone is 1. The largest absolute Gasteiger partial charge is 0.496 e. The van der Waals surface area contributed by atoms with Gasteiger partial charge in [0.2, 0.25) is 5.78 Å². The van der Waals surface area contributed by atoms with Crippen molar-refractivity contribution in [1.82, 2.24) is 4.90 Å². The number of carbonyl (C=O) groups is 1. The maximum atomic E-state index is 13.4. The van der Waals surface area contributed by atoms with Crippen molar-refractivity contribution < 1.29 is 28.5 Å². The molecule has 7 heteroatoms. The fourth-order valence-corrected chi connectivity index (χ4v) is 4.76. The summed E-state index contributed by atoms with van der Waals surface area (Å²) in [6, 6.07) is 15.9. The van der Waals surface area contributed by atoms with Crippen LogP contribution in [-0.2, 0) is 6.54 Å². The molecule has 0 aromatic heterocycles. The summed E-state index contributed by atoms with van der Waals surface area (Å²) in [5.41, 5.74) is 4.20. The van der Waals surface area contributed by atoms with Crippen LogP contribution in [0.15, 0.2) is 54.3 Å². The average molecular weight is 488 g/mol. The molecule has 0 amide bonds. The molecule has 36 heavy (non-hydrogen) atoms. The van der Waals surface area contributed by atoms with E-state index in [0.29, 0.717) is 47.4 Å². The van der Waals surface area contributed by atoms with E-state index in [1.54, 1.807) is 39.5 Å². The van der Waals surface area contributed by atoms with Gasteiger partial charge in [0.1, 0.15) is 24.0 Å². The SMILES string of the molecule is COc1cc(OC)c(OC)cc1/C=C1\Oc2c(cc3c(c2C)OCN(C(C)c2ccccc2)C3)C1=O. The van der Waals surface area contributed by atoms with Gasteiger partial charge in [-0.3, -0.25) is 9.69 Å². The van der Waals surface area contributed by atoms with Crippen LogP contribution in [0.3, 0.4) is 0 Å². The third-order valence-electron chi connectivity index (χ3n) is 6.82. The summed E-state index contributed by atoms with van der Waals surface area (Å²) in [6.07, 6.45) is 1.67. The van der Waals surface area contributed by atoms with Gasteiger partial charge in [-0.1, -0.05) is 30.3 Å². The van der Waals surface area contributed by atoms with Crippen LogP contribution >= 0.6 is 0 Å². The molecule has 0 aliphatic carbocycles. The summed E-state index contributed by atoms with van der Waals surface area (Å²) < 4.78 is 28.6. The molecule has 3 aromatic carbocycles. The summed E-state index contributed by atoms with van der Waals surface area (Å²) in [7, 11) is 4.68. The molecule has 0 radical (unpaired) electrons. The number of benzene rings is 3. The van der Waals surface area contributed by atoms with Gasteiger partial charge in [-0.2, -0.15) is 0 Å². The number of ether oxygens (including phenoxy) is 5. The van der Waals surface area contributed by atoms with Crippen LogP contribution in [0.1, 0.15) is 45.6 Å². The molecule has 0 saturated carbocycles. The Balaban J connectivity index is 1.47. The highest BCUT2D eigenvalue weighted by atomic mass is 16.5. The number of ketones is 1. The molecule has 2 aliphatic rings. The van der Waals surface area contributed by atoms with Crippen molar-refractivity contribution in [2.45, 2.75) is 26.4 Å². The van der Waals surface area contributed by atoms with Crippen molar-refractivity contribution in [1.29, 1.82) is 0 Å². The molecule has 2 heterocycles. The maximum absolute atomic E-state index is 13.4. The zero-order chi connectivity index (χ0) is 25.4. The summed E-state index contributed by atoms with van der Waals surface area (Å²) >= 11 is 0. The number of rotatable bonds is 6. The molecule has 0 saturated heterocycles. The van der Waals surface area contributed by atoms with Crippen LogP contribution in [0, 0.1) is 6.92 Å². The molecular formula is C29H29NO6. The van der Waals surface area contributed by atoms with Gasteiger partial charge >= 0.3 is 0 Å². The first-order chi connectivity index (χ1) is 17.4. The number of methoxy groups -OCH3 is 3. The number of hydrogen-bond acceptors (Lipinski definition) is 7. The summed E-state index contributed by atoms with van der Waals surface area (Å²) in [4.78, 5) is 15.7. The zero-order valence-corrected chi connectivity index (χ0v) is 21.1. The van der Waals surface area contributed by atoms with Crippen LogP contribution in [0.5, 0.6) is 28.7 Å². The van der Waals surface area contributed by atoms with Gasteiger partial charge in [0, 0.05) is 35.3 Å². The quantitative estimate of drug-likeness (QED) is 0.422. The molecule has 2 aliphatic heterocycles. The smallest absolute Gasteiger partial charge is 0.231 e. The third-order valence-corrected chi connectivity index (χ3v) is 6.82. The van der Waals surface area contributed by atoms with E-state index < -0.39 is 0 Å². The van der Waals surface area contributed by atoms with E-state index in [-0.39, 0.29) is 17.6 Å². The Morgan fingerprint density at radius 1 is 0.944 bits per heavy atom. The van der Waals surface area contributed by atoms with E-state index in [1.807, 2.05) is 31.2 Å². The molecule has 3 aromatic rings. The van der Waals surface area contributed by atoms with Gasteiger partial charge in [-0.05, 0) is 37.6 Å². The van der Waals surface area contributed by atoms with Crippen molar-refractivity contribution in [3.8, 4) is 28.7 Å². The first-order valence-corrected chi connectivity index (χ1v) is 11.8. The second-order valence-electron chi connectivity index (χ2n) is 8.86. The van der Waals surface area contributed by atoms with Crippen molar-refractivity contribution in [3.63, 3.8) is 0 Å². The van der Waals surface area contributed by atoms with E-state index in [4.69, 9.17) is 23.7 Å². The minimum Gasteiger partial charge on any atom is -0.496 e. The van der Waals surface area contributed by atoms with E-state index in [2.05, 4.69) is 24.0 Å². The minimum atomic E-state index is -0.180. The summed E-state index contributed by atoms with van der Waals surface area (Å²) in [5.74, 6) is 2.96. The molecule has 0 bridgehead atoms. The van der Waals surface area contributed by atoms with Gasteiger partial charge < -0.3 is 23.7 Å². The lowest BCUT2D eigenvalue weighted by atomic mass is 9.99. The second-order valence-corrected chi connectivity index (χ2v) is 8.86. The fraction of sp³-hybridized carbons (Fsp3) is 0.276. The van der Waals surface area contributed by atoms with Gasteiger partial charge in [-0.25, -0.2) is 0 Å². The lowest BCUT2D eigenvalue weighted by Crippen LogP contribution is -2.34. The Morgan fingerprint density at radius 2 is 1.64 bits per heavy atom. The average Bonchev–Trinajstić information content (AvgIpc) is 3.23. The molecule has 5 rings (SSSR count). The van der Waals surface area contributed by atoms with E-state index in [0.717, 1.165) is 16.9 Å². The lowest BCUT2D eigenvalue weighted by Gasteiger charge is -2.34. The summed E-state index contributed by atoms with van der Waals surface area (Å²) in [5, 5.41) is 0. The third kappa shape index (κ3) is 4.05. The van der Waals surface area contributed by atoms with Crippen molar-refractivity contribution in [2.24, 2.45) is 0 Å². The normalized spacial score (nSPS) is 16.6. The monoisotopic (exact) mass is 487 g/mol. The zero-order valence-electron chi connectivity index (χ0n) is 21.1. The molecule has 1 unspecified atom stereocenters. The fourth-order valence-electron chi connectivity index (χ4n) is 4.76. The highest BCUT2D eigenvalue weighted by Gasteiger charge is 2.34. The molecule has 1 atom stereocenters. The number of nitrogens with zero attached hydrogens (tertiary/aromatic N) is 1. The van der Waals surface area contributed by atoms with Crippen LogP contribution in [-0.4, -0.2) is 38.7 Å². The highest BCUT2D eigenvalue weighted by Crippen LogP contribution is 2.45. The van der Waals surface area contributed by atoms with Gasteiger partial charge in [0.25, 0.3) is 0 Å². The second kappa shape index (κ2) is 9.59. The Hall–Kier alpha value is -3.97. The van der Waals surface area contributed by atoms with Gasteiger partial charge in [0.05, 0.1) is 26.9 Å². The molecule has 186 valence electrons. The van der Waals surface area contributed by atoms with E-state index in [9.17, 15) is 4.79 Å². The van der Waals surface area contributed by atoms with Crippen LogP contribution in [0.2, 0.25) is 0 Å². The molecule has 0 spiro atoms. The molecule has 0 N–H and O–H groups in total. The molecule has 0 fully saturated rings. The van der Waals surface area contributed by atoms with E-state index >= 15 is 0 Å². The lowest BCUT2D eigenvalue weighted by molar-refractivity contribution is 0.0609. The first kappa shape index (κ1) is 23.8. The van der Waals surface area contributed by atoms with Crippen LogP contribution in [0.25, 0.3) is 6.08 Å². The molecule has 7 nitrogen and oxygen atoms in total.